The van der Waals surface area contributed by atoms with Crippen LogP contribution in [0.3, 0.4) is 0 Å². The molecule has 0 saturated heterocycles. The van der Waals surface area contributed by atoms with Gasteiger partial charge in [0.25, 0.3) is 0 Å². The normalized spacial score (nSPS) is 11.4. The van der Waals surface area contributed by atoms with Crippen LogP contribution in [0.5, 0.6) is 0 Å². The van der Waals surface area contributed by atoms with Gasteiger partial charge in [-0.25, -0.2) is 0 Å². The van der Waals surface area contributed by atoms with Gasteiger partial charge in [-0.3, -0.25) is 0 Å². The Balaban J connectivity index is 2.27. The molecule has 0 bridgehead atoms. The van der Waals surface area contributed by atoms with Gasteiger partial charge in [-0.05, 0) is 0 Å². The van der Waals surface area contributed by atoms with Crippen molar-refractivity contribution in [2.24, 2.45) is 0 Å². The van der Waals surface area contributed by atoms with E-state index in [2.05, 4.69) is 0 Å². The van der Waals surface area contributed by atoms with Crippen LogP contribution >= 0.6 is 23.2 Å². The van der Waals surface area contributed by atoms with Crippen LogP contribution in [0.2, 0.25) is 10.0 Å². The summed E-state index contributed by atoms with van der Waals surface area (Å²) in [6, 6.07) is 13.0. The predicted molar refractivity (Wildman–Crippen MR) is 75.5 cm³/mol. The molecule has 0 atom stereocenters. The van der Waals surface area contributed by atoms with Crippen molar-refractivity contribution in [3.8, 4) is 0 Å². The zero-order valence-electron chi connectivity index (χ0n) is 9.01. The zero-order chi connectivity index (χ0) is 13.2. The van der Waals surface area contributed by atoms with Crippen LogP contribution in [-0.2, 0) is 8.26 Å². The first-order valence-electron chi connectivity index (χ1n) is 4.93. The molecule has 2 aromatic rings. The molecule has 94 valence electrons. The van der Waals surface area contributed by atoms with E-state index < -0.39 is 22.1 Å². The molecule has 0 unspecified atom stereocenters. The van der Waals surface area contributed by atoms with Crippen LogP contribution in [0.15, 0.2) is 53.4 Å². The van der Waals surface area contributed by atoms with Gasteiger partial charge in [0.15, 0.2) is 0 Å². The molecule has 0 N–H and O–H groups in total. The minimum absolute atomic E-state index is 0.293. The zero-order valence-corrected chi connectivity index (χ0v) is 13.0. The predicted octanol–water partition coefficient (Wildman–Crippen LogP) is 2.71. The van der Waals surface area contributed by atoms with E-state index in [1.54, 1.807) is 36.4 Å². The Labute approximate surface area is 121 Å². The van der Waals surface area contributed by atoms with Crippen molar-refractivity contribution in [3.63, 3.8) is 0 Å². The first kappa shape index (κ1) is 13.9. The van der Waals surface area contributed by atoms with E-state index in [4.69, 9.17) is 23.2 Å². The van der Waals surface area contributed by atoms with Crippen molar-refractivity contribution in [2.45, 2.75) is 4.90 Å². The average Bonchev–Trinajstić information content (AvgIpc) is 2.32. The molecule has 18 heavy (non-hydrogen) atoms. The third kappa shape index (κ3) is 3.50. The van der Waals surface area contributed by atoms with E-state index in [1.807, 2.05) is 0 Å². The molecular formula is C12H8Cl2O2SSe. The van der Waals surface area contributed by atoms with Crippen LogP contribution in [0.25, 0.3) is 0 Å². The van der Waals surface area contributed by atoms with Gasteiger partial charge in [0, 0.05) is 0 Å². The van der Waals surface area contributed by atoms with E-state index in [-0.39, 0.29) is 0 Å². The van der Waals surface area contributed by atoms with Crippen LogP contribution in [0, 0.1) is 0 Å². The number of benzene rings is 2. The number of rotatable bonds is 3. The number of hydrogen-bond acceptors (Lipinski definition) is 2. The van der Waals surface area contributed by atoms with Gasteiger partial charge in [0.05, 0.1) is 0 Å². The standard InChI is InChI=1S/C12H8Cl2O2SSe/c13-9-1-5-11(6-2-9)17(15,16)18-12-7-3-10(14)4-8-12/h1-8H. The summed E-state index contributed by atoms with van der Waals surface area (Å²) >= 11 is 10.8. The first-order chi connectivity index (χ1) is 8.47. The van der Waals surface area contributed by atoms with Crippen LogP contribution in [-0.4, -0.2) is 22.3 Å². The Hall–Kier alpha value is -0.511. The second-order valence-corrected chi connectivity index (χ2v) is 10.7. The summed E-state index contributed by atoms with van der Waals surface area (Å²) in [6.07, 6.45) is 0. The summed E-state index contributed by atoms with van der Waals surface area (Å²) < 4.78 is 25.1. The van der Waals surface area contributed by atoms with Crippen molar-refractivity contribution in [3.05, 3.63) is 58.6 Å². The SMILES string of the molecule is O=S(=O)([Se]c1ccc(Cl)cc1)c1ccc(Cl)cc1. The van der Waals surface area contributed by atoms with Gasteiger partial charge in [-0.1, -0.05) is 0 Å². The summed E-state index contributed by atoms with van der Waals surface area (Å²) in [7, 11) is -3.28. The summed E-state index contributed by atoms with van der Waals surface area (Å²) in [4.78, 5) is 0.293. The number of hydrogen-bond donors (Lipinski definition) is 0. The molecule has 2 rings (SSSR count). The maximum atomic E-state index is 12.1. The minimum atomic E-state index is -3.28. The van der Waals surface area contributed by atoms with E-state index >= 15 is 0 Å². The molecule has 2 nitrogen and oxygen atoms in total. The van der Waals surface area contributed by atoms with Crippen molar-refractivity contribution >= 4 is 49.8 Å². The molecule has 0 heterocycles. The van der Waals surface area contributed by atoms with Crippen LogP contribution in [0.1, 0.15) is 0 Å². The fourth-order valence-electron chi connectivity index (χ4n) is 1.27. The first-order valence-corrected chi connectivity index (χ1v) is 10.0. The quantitative estimate of drug-likeness (QED) is 0.783. The van der Waals surface area contributed by atoms with Gasteiger partial charge in [0.2, 0.25) is 0 Å². The number of halogens is 2. The second kappa shape index (κ2) is 5.64. The second-order valence-electron chi connectivity index (χ2n) is 3.45. The monoisotopic (exact) mass is 366 g/mol. The Morgan fingerprint density at radius 1 is 0.778 bits per heavy atom. The fourth-order valence-corrected chi connectivity index (χ4v) is 6.33. The molecule has 0 aliphatic carbocycles. The van der Waals surface area contributed by atoms with E-state index in [0.29, 0.717) is 14.9 Å². The molecule has 0 fully saturated rings. The van der Waals surface area contributed by atoms with Gasteiger partial charge >= 0.3 is 122 Å². The summed E-state index contributed by atoms with van der Waals surface area (Å²) in [6.45, 7) is 0. The van der Waals surface area contributed by atoms with Gasteiger partial charge < -0.3 is 0 Å². The Morgan fingerprint density at radius 2 is 1.22 bits per heavy atom. The van der Waals surface area contributed by atoms with Gasteiger partial charge in [-0.15, -0.1) is 0 Å². The fraction of sp³-hybridized carbons (Fsp3) is 0. The molecule has 0 aliphatic heterocycles. The molecular weight excluding hydrogens is 358 g/mol. The van der Waals surface area contributed by atoms with Crippen molar-refractivity contribution < 1.29 is 8.42 Å². The molecule has 0 amide bonds. The molecule has 2 aromatic carbocycles. The topological polar surface area (TPSA) is 34.1 Å². The Kier molecular flexibility index (Phi) is 4.36. The molecule has 0 spiro atoms. The third-order valence-electron chi connectivity index (χ3n) is 2.12. The van der Waals surface area contributed by atoms with Gasteiger partial charge in [0.1, 0.15) is 0 Å². The Bertz CT molecular complexity index is 637. The van der Waals surface area contributed by atoms with Crippen molar-refractivity contribution in [1.82, 2.24) is 0 Å². The third-order valence-corrected chi connectivity index (χ3v) is 8.26. The molecule has 6 heteroatoms. The van der Waals surface area contributed by atoms with Crippen molar-refractivity contribution in [1.29, 1.82) is 0 Å². The summed E-state index contributed by atoms with van der Waals surface area (Å²) in [5.41, 5.74) is 0. The molecule has 0 saturated carbocycles. The van der Waals surface area contributed by atoms with Crippen molar-refractivity contribution in [2.75, 3.05) is 0 Å². The van der Waals surface area contributed by atoms with E-state index in [9.17, 15) is 8.42 Å². The van der Waals surface area contributed by atoms with Crippen LogP contribution < -0.4 is 4.46 Å². The van der Waals surface area contributed by atoms with E-state index in [1.165, 1.54) is 12.1 Å². The van der Waals surface area contributed by atoms with Crippen LogP contribution in [0.4, 0.5) is 0 Å². The maximum absolute atomic E-state index is 12.1. The Morgan fingerprint density at radius 3 is 1.72 bits per heavy atom. The molecule has 0 aromatic heterocycles. The summed E-state index contributed by atoms with van der Waals surface area (Å²) in [5, 5.41) is 1.12. The summed E-state index contributed by atoms with van der Waals surface area (Å²) in [5.74, 6) is 0. The van der Waals surface area contributed by atoms with Gasteiger partial charge in [-0.2, -0.15) is 0 Å². The van der Waals surface area contributed by atoms with E-state index in [0.717, 1.165) is 4.46 Å². The molecule has 0 radical (unpaired) electrons. The molecule has 0 aliphatic rings. The average molecular weight is 366 g/mol.